The summed E-state index contributed by atoms with van der Waals surface area (Å²) < 4.78 is 6.17. The molecular formula is C51H34N2O. The van der Waals surface area contributed by atoms with Gasteiger partial charge in [-0.1, -0.05) is 146 Å². The molecule has 10 aromatic rings. The SMILES string of the molecule is c1ccc(-c2nc3c(ccc4c(-c5ccc(-c6ccc(N(c7ccccc7)c7ccc(-c8cccc9ccccc89)cc7)cc6)cc5)cccc43)o2)cc1. The van der Waals surface area contributed by atoms with E-state index < -0.39 is 0 Å². The first-order valence-electron chi connectivity index (χ1n) is 18.3. The van der Waals surface area contributed by atoms with Gasteiger partial charge in [0.1, 0.15) is 5.52 Å². The van der Waals surface area contributed by atoms with Gasteiger partial charge in [0.05, 0.1) is 0 Å². The van der Waals surface area contributed by atoms with E-state index in [4.69, 9.17) is 9.40 Å². The van der Waals surface area contributed by atoms with E-state index in [1.54, 1.807) is 0 Å². The first-order valence-corrected chi connectivity index (χ1v) is 18.3. The Hall–Kier alpha value is -7.23. The Labute approximate surface area is 314 Å². The lowest BCUT2D eigenvalue weighted by Crippen LogP contribution is -2.09. The molecule has 254 valence electrons. The molecule has 0 N–H and O–H groups in total. The zero-order chi connectivity index (χ0) is 35.8. The van der Waals surface area contributed by atoms with Crippen LogP contribution < -0.4 is 4.90 Å². The summed E-state index contributed by atoms with van der Waals surface area (Å²) in [7, 11) is 0. The van der Waals surface area contributed by atoms with Crippen LogP contribution in [-0.2, 0) is 0 Å². The summed E-state index contributed by atoms with van der Waals surface area (Å²) in [4.78, 5) is 7.23. The quantitative estimate of drug-likeness (QED) is 0.167. The topological polar surface area (TPSA) is 29.3 Å². The van der Waals surface area contributed by atoms with E-state index in [1.807, 2.05) is 36.4 Å². The van der Waals surface area contributed by atoms with Crippen molar-refractivity contribution in [2.45, 2.75) is 0 Å². The summed E-state index contributed by atoms with van der Waals surface area (Å²) in [5.74, 6) is 0.639. The second-order valence-electron chi connectivity index (χ2n) is 13.6. The van der Waals surface area contributed by atoms with Crippen LogP contribution in [-0.4, -0.2) is 4.98 Å². The van der Waals surface area contributed by atoms with Crippen molar-refractivity contribution < 1.29 is 4.42 Å². The van der Waals surface area contributed by atoms with E-state index in [1.165, 1.54) is 38.6 Å². The molecule has 1 aromatic heterocycles. The van der Waals surface area contributed by atoms with Crippen molar-refractivity contribution in [1.29, 1.82) is 0 Å². The fourth-order valence-electron chi connectivity index (χ4n) is 7.64. The summed E-state index contributed by atoms with van der Waals surface area (Å²) in [6.07, 6.45) is 0. The highest BCUT2D eigenvalue weighted by Gasteiger charge is 2.15. The highest BCUT2D eigenvalue weighted by Crippen LogP contribution is 2.39. The van der Waals surface area contributed by atoms with Crippen LogP contribution in [0.15, 0.2) is 211 Å². The smallest absolute Gasteiger partial charge is 0.227 e. The van der Waals surface area contributed by atoms with Gasteiger partial charge in [0, 0.05) is 28.0 Å². The summed E-state index contributed by atoms with van der Waals surface area (Å²) in [6.45, 7) is 0. The summed E-state index contributed by atoms with van der Waals surface area (Å²) in [5, 5.41) is 4.75. The Morgan fingerprint density at radius 2 is 0.833 bits per heavy atom. The van der Waals surface area contributed by atoms with E-state index >= 15 is 0 Å². The van der Waals surface area contributed by atoms with Crippen molar-refractivity contribution in [3.05, 3.63) is 206 Å². The fourth-order valence-corrected chi connectivity index (χ4v) is 7.64. The lowest BCUT2D eigenvalue weighted by Gasteiger charge is -2.26. The van der Waals surface area contributed by atoms with Crippen LogP contribution in [0.4, 0.5) is 17.1 Å². The molecule has 0 spiro atoms. The standard InChI is InChI=1S/C51H34N2O/c1-3-12-40(13-4-1)51-52-50-48-20-10-19-46(47(48)33-34-49(50)54-51)38-23-21-35(22-24-38)36-25-29-42(30-26-36)53(41-15-5-2-6-16-41)43-31-27-39(28-32-43)45-18-9-14-37-11-7-8-17-44(37)45/h1-34H. The molecule has 0 unspecified atom stereocenters. The predicted octanol–water partition coefficient (Wildman–Crippen LogP) is 14.3. The second kappa shape index (κ2) is 13.4. The average molecular weight is 691 g/mol. The number of rotatable bonds is 7. The van der Waals surface area contributed by atoms with Crippen LogP contribution in [0, 0.1) is 0 Å². The first kappa shape index (κ1) is 31.5. The zero-order valence-electron chi connectivity index (χ0n) is 29.4. The van der Waals surface area contributed by atoms with Gasteiger partial charge in [-0.3, -0.25) is 0 Å². The number of benzene rings is 9. The van der Waals surface area contributed by atoms with Crippen molar-refractivity contribution in [2.75, 3.05) is 4.90 Å². The number of oxazole rings is 1. The van der Waals surface area contributed by atoms with E-state index in [-0.39, 0.29) is 0 Å². The van der Waals surface area contributed by atoms with Crippen molar-refractivity contribution in [3.63, 3.8) is 0 Å². The minimum Gasteiger partial charge on any atom is -0.436 e. The highest BCUT2D eigenvalue weighted by atomic mass is 16.3. The number of anilines is 3. The number of hydrogen-bond acceptors (Lipinski definition) is 3. The lowest BCUT2D eigenvalue weighted by atomic mass is 9.95. The minimum atomic E-state index is 0.639. The third-order valence-corrected chi connectivity index (χ3v) is 10.3. The molecule has 0 aliphatic rings. The van der Waals surface area contributed by atoms with Crippen LogP contribution in [0.1, 0.15) is 0 Å². The second-order valence-corrected chi connectivity index (χ2v) is 13.6. The lowest BCUT2D eigenvalue weighted by molar-refractivity contribution is 0.620. The minimum absolute atomic E-state index is 0.639. The van der Waals surface area contributed by atoms with Crippen LogP contribution in [0.3, 0.4) is 0 Å². The van der Waals surface area contributed by atoms with Gasteiger partial charge in [-0.05, 0) is 110 Å². The molecule has 3 nitrogen and oxygen atoms in total. The Morgan fingerprint density at radius 3 is 1.54 bits per heavy atom. The van der Waals surface area contributed by atoms with Crippen LogP contribution in [0.2, 0.25) is 0 Å². The van der Waals surface area contributed by atoms with Gasteiger partial charge in [-0.2, -0.15) is 0 Å². The maximum Gasteiger partial charge on any atom is 0.227 e. The third kappa shape index (κ3) is 5.69. The van der Waals surface area contributed by atoms with Crippen LogP contribution in [0.25, 0.3) is 77.5 Å². The molecule has 0 atom stereocenters. The predicted molar refractivity (Wildman–Crippen MR) is 225 cm³/mol. The van der Waals surface area contributed by atoms with Crippen molar-refractivity contribution in [3.8, 4) is 44.8 Å². The van der Waals surface area contributed by atoms with Gasteiger partial charge in [-0.15, -0.1) is 0 Å². The van der Waals surface area contributed by atoms with Crippen molar-refractivity contribution in [1.82, 2.24) is 4.98 Å². The van der Waals surface area contributed by atoms with Gasteiger partial charge >= 0.3 is 0 Å². The molecule has 54 heavy (non-hydrogen) atoms. The molecule has 10 rings (SSSR count). The summed E-state index contributed by atoms with van der Waals surface area (Å²) in [6, 6.07) is 73.0. The van der Waals surface area contributed by atoms with Crippen molar-refractivity contribution in [2.24, 2.45) is 0 Å². The molecule has 0 aliphatic heterocycles. The van der Waals surface area contributed by atoms with Crippen LogP contribution >= 0.6 is 0 Å². The Bertz CT molecular complexity index is 2890. The van der Waals surface area contributed by atoms with Gasteiger partial charge in [-0.25, -0.2) is 4.98 Å². The van der Waals surface area contributed by atoms with Crippen molar-refractivity contribution >= 4 is 49.7 Å². The molecule has 0 saturated heterocycles. The number of para-hydroxylation sites is 1. The molecule has 0 amide bonds. The van der Waals surface area contributed by atoms with Gasteiger partial charge < -0.3 is 9.32 Å². The molecule has 0 radical (unpaired) electrons. The average Bonchev–Trinajstić information content (AvgIpc) is 3.70. The molecule has 0 aliphatic carbocycles. The number of hydrogen-bond donors (Lipinski definition) is 0. The summed E-state index contributed by atoms with van der Waals surface area (Å²) in [5.41, 5.74) is 13.1. The molecule has 1 heterocycles. The molecule has 9 aromatic carbocycles. The molecule has 3 heteroatoms. The Morgan fingerprint density at radius 1 is 0.333 bits per heavy atom. The molecular weight excluding hydrogens is 657 g/mol. The van der Waals surface area contributed by atoms with E-state index in [9.17, 15) is 0 Å². The first-order chi connectivity index (χ1) is 26.8. The Balaban J connectivity index is 0.945. The molecule has 0 bridgehead atoms. The largest absolute Gasteiger partial charge is 0.436 e. The van der Waals surface area contributed by atoms with E-state index in [0.717, 1.165) is 50.1 Å². The Kier molecular flexibility index (Phi) is 7.81. The maximum atomic E-state index is 6.17. The van der Waals surface area contributed by atoms with Gasteiger partial charge in [0.2, 0.25) is 5.89 Å². The zero-order valence-corrected chi connectivity index (χ0v) is 29.4. The summed E-state index contributed by atoms with van der Waals surface area (Å²) >= 11 is 0. The third-order valence-electron chi connectivity index (χ3n) is 10.3. The molecule has 0 fully saturated rings. The maximum absolute atomic E-state index is 6.17. The molecule has 0 saturated carbocycles. The number of fused-ring (bicyclic) bond motifs is 4. The normalized spacial score (nSPS) is 11.3. The highest BCUT2D eigenvalue weighted by molar-refractivity contribution is 6.09. The van der Waals surface area contributed by atoms with E-state index in [2.05, 4.69) is 175 Å². The van der Waals surface area contributed by atoms with E-state index in [0.29, 0.717) is 5.89 Å². The number of nitrogens with zero attached hydrogens (tertiary/aromatic N) is 2. The number of aromatic nitrogens is 1. The fraction of sp³-hybridized carbons (Fsp3) is 0. The monoisotopic (exact) mass is 690 g/mol. The van der Waals surface area contributed by atoms with Gasteiger partial charge in [0.15, 0.2) is 5.58 Å². The van der Waals surface area contributed by atoms with Gasteiger partial charge in [0.25, 0.3) is 0 Å². The van der Waals surface area contributed by atoms with Crippen LogP contribution in [0.5, 0.6) is 0 Å².